The van der Waals surface area contributed by atoms with Crippen molar-refractivity contribution in [3.63, 3.8) is 0 Å². The largest absolute Gasteiger partial charge is 0.497 e. The van der Waals surface area contributed by atoms with Crippen molar-refractivity contribution in [3.8, 4) is 17.0 Å². The maximum atomic E-state index is 14.1. The van der Waals surface area contributed by atoms with Crippen LogP contribution < -0.4 is 31.7 Å². The molecule has 2 aromatic heterocycles. The van der Waals surface area contributed by atoms with Gasteiger partial charge in [-0.25, -0.2) is 14.2 Å². The summed E-state index contributed by atoms with van der Waals surface area (Å²) in [5, 5.41) is 14.9. The first-order chi connectivity index (χ1) is 26.6. The zero-order valence-electron chi connectivity index (χ0n) is 31.2. The minimum Gasteiger partial charge on any atom is -0.497 e. The lowest BCUT2D eigenvalue weighted by Crippen LogP contribution is -2.52. The summed E-state index contributed by atoms with van der Waals surface area (Å²) in [6, 6.07) is 26.4. The van der Waals surface area contributed by atoms with E-state index in [2.05, 4.69) is 21.3 Å². The van der Waals surface area contributed by atoms with Crippen LogP contribution in [0.1, 0.15) is 32.3 Å². The zero-order chi connectivity index (χ0) is 39.1. The molecule has 6 aromatic rings. The van der Waals surface area contributed by atoms with Crippen LogP contribution in [-0.4, -0.2) is 66.3 Å². The molecule has 0 bridgehead atoms. The first-order valence-corrected chi connectivity index (χ1v) is 18.1. The Balaban J connectivity index is 1.22. The quantitative estimate of drug-likeness (QED) is 0.0805. The number of urea groups is 1. The number of aromatic nitrogens is 2. The highest BCUT2D eigenvalue weighted by Crippen LogP contribution is 2.38. The molecule has 0 unspecified atom stereocenters. The van der Waals surface area contributed by atoms with Gasteiger partial charge in [0.05, 0.1) is 29.9 Å². The van der Waals surface area contributed by atoms with Gasteiger partial charge in [-0.05, 0) is 78.5 Å². The number of hydrogen-bond acceptors (Lipinski definition) is 8. The van der Waals surface area contributed by atoms with Gasteiger partial charge in [-0.2, -0.15) is 0 Å². The Morgan fingerprint density at radius 2 is 1.64 bits per heavy atom. The van der Waals surface area contributed by atoms with Gasteiger partial charge in [-0.3, -0.25) is 14.6 Å². The lowest BCUT2D eigenvalue weighted by atomic mass is 10.0. The second-order valence-electron chi connectivity index (χ2n) is 13.5. The highest BCUT2D eigenvalue weighted by Gasteiger charge is 2.27. The number of ether oxygens (including phenoxy) is 2. The number of methoxy groups -OCH3 is 1. The van der Waals surface area contributed by atoms with E-state index >= 15 is 0 Å². The van der Waals surface area contributed by atoms with Crippen molar-refractivity contribution in [1.29, 1.82) is 0 Å². The third-order valence-corrected chi connectivity index (χ3v) is 9.56. The number of benzene rings is 4. The number of fused-ring (bicyclic) bond motifs is 4. The average molecular weight is 744 g/mol. The number of primary amides is 1. The number of nitrogens with one attached hydrogen (secondary N) is 4. The molecule has 4 aromatic carbocycles. The predicted octanol–water partition coefficient (Wildman–Crippen LogP) is 6.32. The van der Waals surface area contributed by atoms with Crippen molar-refractivity contribution in [2.75, 3.05) is 26.0 Å². The summed E-state index contributed by atoms with van der Waals surface area (Å²) >= 11 is 0. The monoisotopic (exact) mass is 743 g/mol. The minimum absolute atomic E-state index is 0.00622. The predicted molar refractivity (Wildman–Crippen MR) is 214 cm³/mol. The van der Waals surface area contributed by atoms with Crippen molar-refractivity contribution < 1.29 is 28.7 Å². The maximum absolute atomic E-state index is 14.1. The van der Waals surface area contributed by atoms with Gasteiger partial charge in [-0.1, -0.05) is 68.4 Å². The molecule has 55 heavy (non-hydrogen) atoms. The third-order valence-electron chi connectivity index (χ3n) is 9.56. The number of nitrogens with two attached hydrogens (primary N) is 1. The van der Waals surface area contributed by atoms with Crippen LogP contribution in [0.15, 0.2) is 97.2 Å². The molecule has 0 radical (unpaired) electrons. The first kappa shape index (κ1) is 38.3. The SMILES string of the molecule is CN[C@H](C(=O)N[C@@H](CCCNC(N)=O)C(=O)Nc1ccc(COC(=O)n2c3ccc(OC)cc3c3ccnc(-c4cccc5ccccc45)c32)cc1)C(C)C. The van der Waals surface area contributed by atoms with Crippen LogP contribution in [0.5, 0.6) is 5.75 Å². The lowest BCUT2D eigenvalue weighted by Gasteiger charge is -2.24. The summed E-state index contributed by atoms with van der Waals surface area (Å²) in [6.07, 6.45) is 1.85. The van der Waals surface area contributed by atoms with Crippen molar-refractivity contribution in [1.82, 2.24) is 25.5 Å². The van der Waals surface area contributed by atoms with E-state index in [1.807, 2.05) is 74.5 Å². The van der Waals surface area contributed by atoms with Crippen LogP contribution in [0.2, 0.25) is 0 Å². The van der Waals surface area contributed by atoms with Crippen molar-refractivity contribution in [3.05, 3.63) is 103 Å². The summed E-state index contributed by atoms with van der Waals surface area (Å²) in [5.41, 5.74) is 9.15. The Labute approximate surface area is 318 Å². The molecule has 0 saturated carbocycles. The molecule has 2 atom stereocenters. The third kappa shape index (κ3) is 8.52. The number of rotatable bonds is 14. The van der Waals surface area contributed by atoms with Crippen LogP contribution in [0.3, 0.4) is 0 Å². The summed E-state index contributed by atoms with van der Waals surface area (Å²) < 4.78 is 13.0. The fourth-order valence-corrected chi connectivity index (χ4v) is 6.83. The van der Waals surface area contributed by atoms with Gasteiger partial charge in [-0.15, -0.1) is 0 Å². The van der Waals surface area contributed by atoms with Crippen molar-refractivity contribution in [2.45, 2.75) is 45.4 Å². The second kappa shape index (κ2) is 17.1. The lowest BCUT2D eigenvalue weighted by molar-refractivity contribution is -0.128. The van der Waals surface area contributed by atoms with Crippen LogP contribution in [0.25, 0.3) is 43.8 Å². The van der Waals surface area contributed by atoms with Gasteiger partial charge in [0, 0.05) is 34.8 Å². The van der Waals surface area contributed by atoms with Crippen LogP contribution >= 0.6 is 0 Å². The van der Waals surface area contributed by atoms with Gasteiger partial charge < -0.3 is 36.5 Å². The fraction of sp³-hybridized carbons (Fsp3) is 0.262. The number of pyridine rings is 1. The number of carbonyl (C=O) groups is 4. The molecule has 2 heterocycles. The highest BCUT2D eigenvalue weighted by atomic mass is 16.5. The molecule has 0 aliphatic heterocycles. The molecule has 6 N–H and O–H groups in total. The van der Waals surface area contributed by atoms with E-state index in [0.717, 1.165) is 27.1 Å². The molecule has 6 rings (SSSR count). The van der Waals surface area contributed by atoms with Gasteiger partial charge >= 0.3 is 12.1 Å². The van der Waals surface area contributed by atoms with Crippen LogP contribution in [-0.2, 0) is 20.9 Å². The summed E-state index contributed by atoms with van der Waals surface area (Å²) in [6.45, 7) is 4.03. The first-order valence-electron chi connectivity index (χ1n) is 18.1. The van der Waals surface area contributed by atoms with E-state index in [1.54, 1.807) is 55.3 Å². The maximum Gasteiger partial charge on any atom is 0.419 e. The smallest absolute Gasteiger partial charge is 0.419 e. The molecule has 0 spiro atoms. The number of hydrogen-bond donors (Lipinski definition) is 5. The highest BCUT2D eigenvalue weighted by molar-refractivity contribution is 6.17. The Kier molecular flexibility index (Phi) is 11.9. The minimum atomic E-state index is -0.864. The molecule has 0 saturated heterocycles. The number of nitrogens with zero attached hydrogens (tertiary/aromatic N) is 2. The molecular weight excluding hydrogens is 699 g/mol. The summed E-state index contributed by atoms with van der Waals surface area (Å²) in [4.78, 5) is 56.4. The Hall–Kier alpha value is -6.47. The molecule has 284 valence electrons. The average Bonchev–Trinajstić information content (AvgIpc) is 3.52. The second-order valence-corrected chi connectivity index (χ2v) is 13.5. The van der Waals surface area contributed by atoms with Crippen molar-refractivity contribution >= 4 is 62.2 Å². The molecule has 4 amide bonds. The molecule has 13 heteroatoms. The standard InChI is InChI=1S/C42H45N7O6/c1-25(2)36(44-3)40(51)48-34(13-8-21-46-41(43)52)39(50)47-28-16-14-26(15-17-28)24-55-42(53)49-35-19-18-29(54-4)23-33(35)32-20-22-45-37(38(32)49)31-12-7-10-27-9-5-6-11-30(27)31/h5-7,9-12,14-20,22-23,25,34,36,44H,8,13,21,24H2,1-4H3,(H,47,50)(H,48,51)(H3,43,46,52)/t34-,36-/m0/s1. The molecule has 13 nitrogen and oxygen atoms in total. The summed E-state index contributed by atoms with van der Waals surface area (Å²) in [7, 11) is 3.29. The van der Waals surface area contributed by atoms with E-state index < -0.39 is 30.1 Å². The molecular formula is C42H45N7O6. The van der Waals surface area contributed by atoms with Crippen LogP contribution in [0.4, 0.5) is 15.3 Å². The van der Waals surface area contributed by atoms with Gasteiger partial charge in [0.2, 0.25) is 11.8 Å². The zero-order valence-corrected chi connectivity index (χ0v) is 31.2. The molecule has 0 aliphatic rings. The van der Waals surface area contributed by atoms with Gasteiger partial charge in [0.25, 0.3) is 0 Å². The van der Waals surface area contributed by atoms with E-state index in [1.165, 1.54) is 0 Å². The number of carbonyl (C=O) groups excluding carboxylic acids is 4. The van der Waals surface area contributed by atoms with E-state index in [9.17, 15) is 19.2 Å². The Morgan fingerprint density at radius 3 is 2.36 bits per heavy atom. The number of amides is 4. The molecule has 0 aliphatic carbocycles. The summed E-state index contributed by atoms with van der Waals surface area (Å²) in [5.74, 6) is -0.0701. The van der Waals surface area contributed by atoms with E-state index in [-0.39, 0.29) is 31.4 Å². The van der Waals surface area contributed by atoms with Crippen LogP contribution in [0, 0.1) is 5.92 Å². The van der Waals surface area contributed by atoms with Gasteiger partial charge in [0.1, 0.15) is 18.4 Å². The van der Waals surface area contributed by atoms with Crippen molar-refractivity contribution in [2.24, 2.45) is 11.7 Å². The van der Waals surface area contributed by atoms with E-state index in [4.69, 9.17) is 20.2 Å². The van der Waals surface area contributed by atoms with E-state index in [0.29, 0.717) is 40.1 Å². The number of anilines is 1. The number of likely N-dealkylation sites (N-methyl/N-ethyl adjacent to an activating group) is 1. The normalized spacial score (nSPS) is 12.4. The van der Waals surface area contributed by atoms with Gasteiger partial charge in [0.15, 0.2) is 0 Å². The molecule has 0 fully saturated rings. The Bertz CT molecular complexity index is 2350. The fourth-order valence-electron chi connectivity index (χ4n) is 6.83. The topological polar surface area (TPSA) is 179 Å². The Morgan fingerprint density at radius 1 is 0.873 bits per heavy atom.